The Bertz CT molecular complexity index is 1940. The highest BCUT2D eigenvalue weighted by molar-refractivity contribution is 7.90. The lowest BCUT2D eigenvalue weighted by molar-refractivity contribution is -0.143. The average molecular weight is 685 g/mol. The fourth-order valence-electron chi connectivity index (χ4n) is 9.36. The van der Waals surface area contributed by atoms with Crippen molar-refractivity contribution in [2.45, 2.75) is 87.3 Å². The summed E-state index contributed by atoms with van der Waals surface area (Å²) in [5.41, 5.74) is -1.82. The predicted molar refractivity (Wildman–Crippen MR) is 173 cm³/mol. The topological polar surface area (TPSA) is 101 Å². The first kappa shape index (κ1) is 31.7. The highest BCUT2D eigenvalue weighted by atomic mass is 32.2. The Morgan fingerprint density at radius 1 is 0.979 bits per heavy atom. The number of methoxy groups -OCH3 is 1. The first-order chi connectivity index (χ1) is 22.8. The van der Waals surface area contributed by atoms with Crippen LogP contribution in [0.3, 0.4) is 0 Å². The quantitative estimate of drug-likeness (QED) is 0.368. The summed E-state index contributed by atoms with van der Waals surface area (Å²) in [7, 11) is -2.17. The zero-order chi connectivity index (χ0) is 33.7. The summed E-state index contributed by atoms with van der Waals surface area (Å²) in [4.78, 5) is 32.4. The molecule has 256 valence electrons. The number of halogens is 3. The molecule has 8 rings (SSSR count). The van der Waals surface area contributed by atoms with Crippen LogP contribution in [0.1, 0.15) is 84.7 Å². The number of carbonyl (C=O) groups is 2. The number of nitrogens with one attached hydrogen (secondary N) is 1. The fraction of sp³-hybridized carbons (Fsp3) is 0.543. The summed E-state index contributed by atoms with van der Waals surface area (Å²) >= 11 is 0. The zero-order valence-electron chi connectivity index (χ0n) is 27.0. The van der Waals surface area contributed by atoms with E-state index < -0.39 is 26.9 Å². The number of hydrogen-bond acceptors (Lipinski definition) is 6. The molecule has 4 heterocycles. The predicted octanol–water partition coefficient (Wildman–Crippen LogP) is 5.74. The lowest BCUT2D eigenvalue weighted by atomic mass is 9.81. The molecule has 48 heavy (non-hydrogen) atoms. The minimum Gasteiger partial charge on any atom is -0.497 e. The van der Waals surface area contributed by atoms with Crippen molar-refractivity contribution < 1.29 is 35.9 Å². The van der Waals surface area contributed by atoms with Gasteiger partial charge in [-0.2, -0.15) is 21.6 Å². The standard InChI is InChI=1S/C35H39F3N4O5S/c1-40-17-22-9-10-23(18-40)42(22)33(44)34-16-28(34)27-15-24(47-2)11-13-25(27)31-30(20-6-4-3-5-7-20)26-12-8-21(14-29(26)41(31)19-34)32(43)39-48(45,46)35(36,37)38/h8,11-15,20,22-23,28H,3-7,9-10,16-19H2,1-2H3,(H,39,43). The molecule has 2 bridgehead atoms. The molecule has 13 heteroatoms. The third-order valence-corrected chi connectivity index (χ3v) is 12.7. The van der Waals surface area contributed by atoms with Crippen LogP contribution in [0, 0.1) is 5.41 Å². The second-order valence-corrected chi connectivity index (χ2v) is 16.2. The number of benzene rings is 2. The SMILES string of the molecule is COc1ccc2c(c1)C1CC1(C(=O)N1C3CCC1CN(C)C3)Cn1c-2c(C2CCCCC2)c2ccc(C(=O)NS(=O)(=O)C(F)(F)F)cc21. The number of likely N-dealkylation sites (N-methyl/N-ethyl adjacent to an activating group) is 1. The number of aromatic nitrogens is 1. The molecule has 1 N–H and O–H groups in total. The number of amides is 2. The molecule has 9 nitrogen and oxygen atoms in total. The van der Waals surface area contributed by atoms with E-state index in [4.69, 9.17) is 4.74 Å². The maximum atomic E-state index is 14.9. The molecule has 0 spiro atoms. The lowest BCUT2D eigenvalue weighted by Gasteiger charge is -2.41. The summed E-state index contributed by atoms with van der Waals surface area (Å²) in [5, 5.41) is 0.871. The highest BCUT2D eigenvalue weighted by Gasteiger charge is 2.65. The maximum absolute atomic E-state index is 14.9. The number of alkyl halides is 3. The number of likely N-dealkylation sites (tertiary alicyclic amines) is 1. The number of fused-ring (bicyclic) bond motifs is 9. The maximum Gasteiger partial charge on any atom is 0.516 e. The molecule has 2 aromatic carbocycles. The Labute approximate surface area is 277 Å². The van der Waals surface area contributed by atoms with Crippen LogP contribution in [0.5, 0.6) is 5.75 Å². The summed E-state index contributed by atoms with van der Waals surface area (Å²) in [5.74, 6) is -0.345. The lowest BCUT2D eigenvalue weighted by Crippen LogP contribution is -2.57. The molecule has 2 saturated heterocycles. The molecule has 3 aliphatic heterocycles. The van der Waals surface area contributed by atoms with Crippen LogP contribution in [0.15, 0.2) is 36.4 Å². The molecule has 3 aromatic rings. The van der Waals surface area contributed by atoms with Crippen LogP contribution in [0.25, 0.3) is 22.2 Å². The van der Waals surface area contributed by atoms with Crippen LogP contribution in [-0.4, -0.2) is 79.4 Å². The molecular weight excluding hydrogens is 645 g/mol. The van der Waals surface area contributed by atoms with Gasteiger partial charge in [-0.1, -0.05) is 25.3 Å². The van der Waals surface area contributed by atoms with E-state index in [1.54, 1.807) is 13.2 Å². The molecule has 2 saturated carbocycles. The zero-order valence-corrected chi connectivity index (χ0v) is 27.8. The van der Waals surface area contributed by atoms with Crippen LogP contribution in [0.4, 0.5) is 13.2 Å². The van der Waals surface area contributed by atoms with E-state index in [9.17, 15) is 31.2 Å². The number of carbonyl (C=O) groups excluding carboxylic acids is 2. The number of hydrogen-bond donors (Lipinski definition) is 1. The second-order valence-electron chi connectivity index (χ2n) is 14.5. The fourth-order valence-corrected chi connectivity index (χ4v) is 9.84. The van der Waals surface area contributed by atoms with Crippen molar-refractivity contribution in [3.05, 3.63) is 53.1 Å². The first-order valence-corrected chi connectivity index (χ1v) is 18.3. The Morgan fingerprint density at radius 2 is 1.69 bits per heavy atom. The molecular formula is C35H39F3N4O5S. The molecule has 2 amide bonds. The van der Waals surface area contributed by atoms with Crippen molar-refractivity contribution in [2.75, 3.05) is 27.2 Å². The van der Waals surface area contributed by atoms with Crippen LogP contribution in [0.2, 0.25) is 0 Å². The molecule has 1 aromatic heterocycles. The van der Waals surface area contributed by atoms with Gasteiger partial charge in [0.1, 0.15) is 5.75 Å². The average Bonchev–Trinajstić information content (AvgIpc) is 3.64. The van der Waals surface area contributed by atoms with Crippen LogP contribution in [-0.2, 0) is 21.4 Å². The molecule has 4 unspecified atom stereocenters. The van der Waals surface area contributed by atoms with Crippen molar-refractivity contribution in [3.8, 4) is 17.0 Å². The largest absolute Gasteiger partial charge is 0.516 e. The van der Waals surface area contributed by atoms with E-state index in [1.165, 1.54) is 16.9 Å². The molecule has 0 radical (unpaired) electrons. The first-order valence-electron chi connectivity index (χ1n) is 16.8. The Hall–Kier alpha value is -3.58. The van der Waals surface area contributed by atoms with Gasteiger partial charge in [-0.05, 0) is 86.5 Å². The number of nitrogens with zero attached hydrogens (tertiary/aromatic N) is 3. The summed E-state index contributed by atoms with van der Waals surface area (Å²) in [6.07, 6.45) is 7.81. The molecule has 4 fully saturated rings. The number of piperazine rings is 1. The van der Waals surface area contributed by atoms with E-state index in [2.05, 4.69) is 21.4 Å². The number of sulfonamides is 1. The summed E-state index contributed by atoms with van der Waals surface area (Å²) in [6, 6.07) is 10.9. The van der Waals surface area contributed by atoms with Gasteiger partial charge in [0, 0.05) is 59.7 Å². The Morgan fingerprint density at radius 3 is 2.35 bits per heavy atom. The monoisotopic (exact) mass is 684 g/mol. The van der Waals surface area contributed by atoms with E-state index in [-0.39, 0.29) is 35.4 Å². The van der Waals surface area contributed by atoms with E-state index in [1.807, 2.05) is 18.2 Å². The highest BCUT2D eigenvalue weighted by Crippen LogP contribution is 2.66. The Balaban J connectivity index is 1.32. The number of rotatable bonds is 5. The van der Waals surface area contributed by atoms with Crippen molar-refractivity contribution in [2.24, 2.45) is 5.41 Å². The van der Waals surface area contributed by atoms with Crippen molar-refractivity contribution in [1.29, 1.82) is 0 Å². The van der Waals surface area contributed by atoms with Gasteiger partial charge in [0.25, 0.3) is 5.91 Å². The van der Waals surface area contributed by atoms with Gasteiger partial charge in [0.2, 0.25) is 5.91 Å². The van der Waals surface area contributed by atoms with Gasteiger partial charge in [-0.3, -0.25) is 9.59 Å². The van der Waals surface area contributed by atoms with Gasteiger partial charge in [-0.15, -0.1) is 0 Å². The number of ether oxygens (including phenoxy) is 1. The minimum atomic E-state index is -5.90. The van der Waals surface area contributed by atoms with Gasteiger partial charge in [0.15, 0.2) is 0 Å². The van der Waals surface area contributed by atoms with E-state index in [0.717, 1.165) is 85.8 Å². The van der Waals surface area contributed by atoms with Crippen LogP contribution < -0.4 is 9.46 Å². The molecule has 2 aliphatic carbocycles. The third kappa shape index (κ3) is 4.78. The minimum absolute atomic E-state index is 0.0493. The second kappa shape index (κ2) is 11.0. The summed E-state index contributed by atoms with van der Waals surface area (Å²) in [6.45, 7) is 2.01. The molecule has 5 aliphatic rings. The normalized spacial score (nSPS) is 27.2. The van der Waals surface area contributed by atoms with Crippen molar-refractivity contribution in [3.63, 3.8) is 0 Å². The smallest absolute Gasteiger partial charge is 0.497 e. The van der Waals surface area contributed by atoms with E-state index in [0.29, 0.717) is 24.2 Å². The summed E-state index contributed by atoms with van der Waals surface area (Å²) < 4.78 is 72.2. The van der Waals surface area contributed by atoms with E-state index >= 15 is 0 Å². The van der Waals surface area contributed by atoms with Gasteiger partial charge < -0.3 is 19.1 Å². The third-order valence-electron chi connectivity index (χ3n) is 11.6. The van der Waals surface area contributed by atoms with Crippen molar-refractivity contribution in [1.82, 2.24) is 19.1 Å². The van der Waals surface area contributed by atoms with Gasteiger partial charge >= 0.3 is 15.5 Å². The van der Waals surface area contributed by atoms with Crippen LogP contribution >= 0.6 is 0 Å². The molecule has 4 atom stereocenters. The van der Waals surface area contributed by atoms with Crippen molar-refractivity contribution >= 4 is 32.7 Å². The van der Waals surface area contributed by atoms with Gasteiger partial charge in [-0.25, -0.2) is 4.72 Å². The Kier molecular flexibility index (Phi) is 7.23. The van der Waals surface area contributed by atoms with Gasteiger partial charge in [0.05, 0.1) is 18.2 Å².